The van der Waals surface area contributed by atoms with Crippen LogP contribution in [-0.2, 0) is 0 Å². The first-order valence-electron chi connectivity index (χ1n) is 5.97. The largest absolute Gasteiger partial charge is 0.493 e. The molecule has 5 heteroatoms. The second-order valence-corrected chi connectivity index (χ2v) is 5.36. The van der Waals surface area contributed by atoms with E-state index in [1.807, 2.05) is 39.0 Å². The van der Waals surface area contributed by atoms with Crippen molar-refractivity contribution in [3.05, 3.63) is 33.6 Å². The van der Waals surface area contributed by atoms with E-state index in [-0.39, 0.29) is 5.01 Å². The quantitative estimate of drug-likeness (QED) is 0.928. The zero-order valence-electron chi connectivity index (χ0n) is 11.1. The molecule has 0 aliphatic heterocycles. The number of aromatic nitrogens is 1. The fourth-order valence-electron chi connectivity index (χ4n) is 1.85. The van der Waals surface area contributed by atoms with Crippen LogP contribution in [0.5, 0.6) is 5.75 Å². The summed E-state index contributed by atoms with van der Waals surface area (Å²) in [4.78, 5) is 16.1. The smallest absolute Gasteiger partial charge is 0.365 e. The number of carboxylic acids is 1. The number of hydrogen-bond acceptors (Lipinski definition) is 4. The molecule has 2 aromatic rings. The van der Waals surface area contributed by atoms with E-state index in [0.717, 1.165) is 21.8 Å². The van der Waals surface area contributed by atoms with Crippen LogP contribution in [0, 0.1) is 13.8 Å². The normalized spacial score (nSPS) is 10.5. The minimum absolute atomic E-state index is 0.108. The summed E-state index contributed by atoms with van der Waals surface area (Å²) in [5.74, 6) is -0.261. The molecule has 4 nitrogen and oxygen atoms in total. The highest BCUT2D eigenvalue weighted by Gasteiger charge is 2.17. The lowest BCUT2D eigenvalue weighted by Gasteiger charge is -2.10. The highest BCUT2D eigenvalue weighted by atomic mass is 32.1. The fourth-order valence-corrected chi connectivity index (χ4v) is 2.61. The minimum Gasteiger partial charge on any atom is -0.493 e. The SMILES string of the molecule is CCOc1ccc(C)cc1-c1nc(C(=O)O)sc1C. The third-order valence-corrected chi connectivity index (χ3v) is 3.63. The molecule has 0 saturated heterocycles. The van der Waals surface area contributed by atoms with Gasteiger partial charge in [-0.3, -0.25) is 0 Å². The molecule has 0 unspecified atom stereocenters. The third-order valence-electron chi connectivity index (χ3n) is 2.67. The molecular formula is C14H15NO3S. The van der Waals surface area contributed by atoms with E-state index >= 15 is 0 Å². The second kappa shape index (κ2) is 5.40. The Balaban J connectivity index is 2.56. The van der Waals surface area contributed by atoms with E-state index < -0.39 is 5.97 Å². The highest BCUT2D eigenvalue weighted by Crippen LogP contribution is 2.35. The van der Waals surface area contributed by atoms with Crippen molar-refractivity contribution in [2.45, 2.75) is 20.8 Å². The molecule has 2 rings (SSSR count). The van der Waals surface area contributed by atoms with Crippen molar-refractivity contribution < 1.29 is 14.6 Å². The van der Waals surface area contributed by atoms with Gasteiger partial charge < -0.3 is 9.84 Å². The number of nitrogens with zero attached hydrogens (tertiary/aromatic N) is 1. The van der Waals surface area contributed by atoms with Gasteiger partial charge in [-0.15, -0.1) is 11.3 Å². The minimum atomic E-state index is -0.995. The van der Waals surface area contributed by atoms with E-state index in [9.17, 15) is 4.79 Å². The van der Waals surface area contributed by atoms with Gasteiger partial charge >= 0.3 is 5.97 Å². The average Bonchev–Trinajstić information content (AvgIpc) is 2.74. The summed E-state index contributed by atoms with van der Waals surface area (Å²) in [5, 5.41) is 9.12. The van der Waals surface area contributed by atoms with E-state index in [1.54, 1.807) is 0 Å². The Morgan fingerprint density at radius 1 is 1.42 bits per heavy atom. The van der Waals surface area contributed by atoms with E-state index in [0.29, 0.717) is 12.3 Å². The first kappa shape index (κ1) is 13.5. The summed E-state index contributed by atoms with van der Waals surface area (Å²) in [6.07, 6.45) is 0. The summed E-state index contributed by atoms with van der Waals surface area (Å²) < 4.78 is 5.59. The van der Waals surface area contributed by atoms with Crippen LogP contribution in [-0.4, -0.2) is 22.7 Å². The van der Waals surface area contributed by atoms with Crippen LogP contribution in [0.1, 0.15) is 27.2 Å². The number of carbonyl (C=O) groups is 1. The Morgan fingerprint density at radius 3 is 2.74 bits per heavy atom. The summed E-state index contributed by atoms with van der Waals surface area (Å²) in [6, 6.07) is 5.83. The molecule has 1 N–H and O–H groups in total. The number of hydrogen-bond donors (Lipinski definition) is 1. The first-order valence-corrected chi connectivity index (χ1v) is 6.79. The van der Waals surface area contributed by atoms with Crippen molar-refractivity contribution in [3.8, 4) is 17.0 Å². The van der Waals surface area contributed by atoms with Crippen molar-refractivity contribution in [3.63, 3.8) is 0 Å². The molecule has 19 heavy (non-hydrogen) atoms. The predicted molar refractivity (Wildman–Crippen MR) is 75.2 cm³/mol. The Labute approximate surface area is 115 Å². The molecule has 0 aliphatic rings. The van der Waals surface area contributed by atoms with Gasteiger partial charge in [-0.05, 0) is 32.9 Å². The van der Waals surface area contributed by atoms with Crippen molar-refractivity contribution >= 4 is 17.3 Å². The maximum atomic E-state index is 11.0. The van der Waals surface area contributed by atoms with Crippen LogP contribution in [0.4, 0.5) is 0 Å². The van der Waals surface area contributed by atoms with Crippen LogP contribution < -0.4 is 4.74 Å². The standard InChI is InChI=1S/C14H15NO3S/c1-4-18-11-6-5-8(2)7-10(11)12-9(3)19-13(15-12)14(16)17/h5-7H,4H2,1-3H3,(H,16,17). The van der Waals surface area contributed by atoms with Gasteiger partial charge in [-0.25, -0.2) is 9.78 Å². The van der Waals surface area contributed by atoms with Gasteiger partial charge in [-0.2, -0.15) is 0 Å². The van der Waals surface area contributed by atoms with Gasteiger partial charge in [0.25, 0.3) is 0 Å². The average molecular weight is 277 g/mol. The molecule has 0 bridgehead atoms. The van der Waals surface area contributed by atoms with E-state index in [2.05, 4.69) is 4.98 Å². The van der Waals surface area contributed by atoms with Gasteiger partial charge in [0.05, 0.1) is 12.3 Å². The lowest BCUT2D eigenvalue weighted by molar-refractivity contribution is 0.0696. The maximum absolute atomic E-state index is 11.0. The monoisotopic (exact) mass is 277 g/mol. The first-order chi connectivity index (χ1) is 9.02. The molecule has 0 atom stereocenters. The van der Waals surface area contributed by atoms with Crippen LogP contribution >= 0.6 is 11.3 Å². The number of carboxylic acid groups (broad SMARTS) is 1. The van der Waals surface area contributed by atoms with E-state index in [1.165, 1.54) is 11.3 Å². The summed E-state index contributed by atoms with van der Waals surface area (Å²) in [5.41, 5.74) is 2.63. The Kier molecular flexibility index (Phi) is 3.85. The molecule has 0 spiro atoms. The van der Waals surface area contributed by atoms with Gasteiger partial charge in [0.15, 0.2) is 0 Å². The molecule has 0 amide bonds. The van der Waals surface area contributed by atoms with Crippen molar-refractivity contribution in [1.82, 2.24) is 4.98 Å². The summed E-state index contributed by atoms with van der Waals surface area (Å²) in [7, 11) is 0. The number of thiazole rings is 1. The summed E-state index contributed by atoms with van der Waals surface area (Å²) in [6.45, 7) is 6.34. The second-order valence-electron chi connectivity index (χ2n) is 4.16. The zero-order chi connectivity index (χ0) is 14.0. The number of aryl methyl sites for hydroxylation is 2. The molecule has 0 fully saturated rings. The fraction of sp³-hybridized carbons (Fsp3) is 0.286. The van der Waals surface area contributed by atoms with Crippen LogP contribution in [0.3, 0.4) is 0 Å². The third kappa shape index (κ3) is 2.76. The van der Waals surface area contributed by atoms with Crippen LogP contribution in [0.2, 0.25) is 0 Å². The van der Waals surface area contributed by atoms with Gasteiger partial charge in [-0.1, -0.05) is 11.6 Å². The molecule has 100 valence electrons. The molecule has 1 aromatic heterocycles. The maximum Gasteiger partial charge on any atom is 0.365 e. The Hall–Kier alpha value is -1.88. The van der Waals surface area contributed by atoms with Crippen molar-refractivity contribution in [2.24, 2.45) is 0 Å². The molecule has 0 aliphatic carbocycles. The van der Waals surface area contributed by atoms with Crippen molar-refractivity contribution in [1.29, 1.82) is 0 Å². The topological polar surface area (TPSA) is 59.4 Å². The molecule has 1 heterocycles. The number of rotatable bonds is 4. The van der Waals surface area contributed by atoms with E-state index in [4.69, 9.17) is 9.84 Å². The van der Waals surface area contributed by atoms with Gasteiger partial charge in [0, 0.05) is 10.4 Å². The van der Waals surface area contributed by atoms with Gasteiger partial charge in [0.2, 0.25) is 5.01 Å². The highest BCUT2D eigenvalue weighted by molar-refractivity contribution is 7.13. The number of ether oxygens (including phenoxy) is 1. The molecule has 0 radical (unpaired) electrons. The van der Waals surface area contributed by atoms with Gasteiger partial charge in [0.1, 0.15) is 5.75 Å². The Bertz CT molecular complexity index is 619. The number of benzene rings is 1. The molecule has 0 saturated carbocycles. The lowest BCUT2D eigenvalue weighted by atomic mass is 10.1. The van der Waals surface area contributed by atoms with Crippen molar-refractivity contribution in [2.75, 3.05) is 6.61 Å². The summed E-state index contributed by atoms with van der Waals surface area (Å²) >= 11 is 1.18. The lowest BCUT2D eigenvalue weighted by Crippen LogP contribution is -1.97. The number of aromatic carboxylic acids is 1. The van der Waals surface area contributed by atoms with Crippen LogP contribution in [0.15, 0.2) is 18.2 Å². The van der Waals surface area contributed by atoms with Crippen LogP contribution in [0.25, 0.3) is 11.3 Å². The predicted octanol–water partition coefficient (Wildman–Crippen LogP) is 3.52. The Morgan fingerprint density at radius 2 is 2.16 bits per heavy atom. The molecule has 1 aromatic carbocycles. The molecular weight excluding hydrogens is 262 g/mol. The zero-order valence-corrected chi connectivity index (χ0v) is 11.9.